The Labute approximate surface area is 68.0 Å². The van der Waals surface area contributed by atoms with Gasteiger partial charge in [0.05, 0.1) is 6.07 Å². The van der Waals surface area contributed by atoms with Crippen molar-refractivity contribution in [3.05, 3.63) is 0 Å². The number of aliphatic hydroxyl groups is 1. The summed E-state index contributed by atoms with van der Waals surface area (Å²) in [7, 11) is 0. The van der Waals surface area contributed by atoms with Crippen molar-refractivity contribution in [2.45, 2.75) is 26.3 Å². The predicted molar refractivity (Wildman–Crippen MR) is 43.9 cm³/mol. The fourth-order valence-corrected chi connectivity index (χ4v) is 0.733. The number of nitrogens with one attached hydrogen (secondary N) is 1. The van der Waals surface area contributed by atoms with Crippen LogP contribution in [0.25, 0.3) is 0 Å². The highest BCUT2D eigenvalue weighted by molar-refractivity contribution is 4.77. The van der Waals surface area contributed by atoms with Crippen molar-refractivity contribution in [2.24, 2.45) is 5.92 Å². The van der Waals surface area contributed by atoms with Crippen LogP contribution in [0.5, 0.6) is 0 Å². The van der Waals surface area contributed by atoms with Crippen LogP contribution in [0.1, 0.15) is 20.3 Å². The van der Waals surface area contributed by atoms with Gasteiger partial charge in [0.1, 0.15) is 0 Å². The van der Waals surface area contributed by atoms with Gasteiger partial charge in [0.25, 0.3) is 0 Å². The van der Waals surface area contributed by atoms with Crippen LogP contribution in [0.15, 0.2) is 0 Å². The van der Waals surface area contributed by atoms with Crippen LogP contribution in [0.2, 0.25) is 0 Å². The molecule has 1 unspecified atom stereocenters. The van der Waals surface area contributed by atoms with Crippen molar-refractivity contribution >= 4 is 0 Å². The second-order valence-electron chi connectivity index (χ2n) is 2.97. The van der Waals surface area contributed by atoms with Gasteiger partial charge in [-0.05, 0) is 0 Å². The Bertz CT molecular complexity index is 129. The van der Waals surface area contributed by atoms with Crippen LogP contribution < -0.4 is 5.32 Å². The van der Waals surface area contributed by atoms with Gasteiger partial charge in [0.15, 0.2) is 0 Å². The lowest BCUT2D eigenvalue weighted by molar-refractivity contribution is 0.222. The zero-order valence-corrected chi connectivity index (χ0v) is 7.17. The molecule has 0 aromatic heterocycles. The van der Waals surface area contributed by atoms with E-state index in [-0.39, 0.29) is 12.5 Å². The van der Waals surface area contributed by atoms with Crippen LogP contribution in [-0.4, -0.2) is 24.3 Å². The summed E-state index contributed by atoms with van der Waals surface area (Å²) in [6.07, 6.45) is 0.427. The minimum atomic E-state index is 0.0856. The normalized spacial score (nSPS) is 13.0. The van der Waals surface area contributed by atoms with E-state index in [2.05, 4.69) is 5.32 Å². The molecule has 0 aliphatic carbocycles. The monoisotopic (exact) mass is 156 g/mol. The first-order chi connectivity index (χ1) is 5.20. The molecule has 0 amide bonds. The molecular formula is C8H16N2O. The molecule has 2 N–H and O–H groups in total. The van der Waals surface area contributed by atoms with Crippen molar-refractivity contribution in [1.29, 1.82) is 5.26 Å². The Kier molecular flexibility index (Phi) is 5.81. The first-order valence-corrected chi connectivity index (χ1v) is 3.92. The van der Waals surface area contributed by atoms with E-state index in [1.807, 2.05) is 19.9 Å². The minimum Gasteiger partial charge on any atom is -0.396 e. The lowest BCUT2D eigenvalue weighted by atomic mass is 10.1. The highest BCUT2D eigenvalue weighted by Gasteiger charge is 2.06. The van der Waals surface area contributed by atoms with E-state index in [1.165, 1.54) is 0 Å². The van der Waals surface area contributed by atoms with Crippen LogP contribution in [0, 0.1) is 17.2 Å². The highest BCUT2D eigenvalue weighted by Crippen LogP contribution is 1.98. The fourth-order valence-electron chi connectivity index (χ4n) is 0.733. The van der Waals surface area contributed by atoms with Crippen molar-refractivity contribution in [3.8, 4) is 6.07 Å². The first-order valence-electron chi connectivity index (χ1n) is 3.92. The van der Waals surface area contributed by atoms with Gasteiger partial charge in [0, 0.05) is 31.5 Å². The van der Waals surface area contributed by atoms with E-state index in [9.17, 15) is 0 Å². The van der Waals surface area contributed by atoms with E-state index < -0.39 is 0 Å². The molecule has 0 bridgehead atoms. The van der Waals surface area contributed by atoms with Crippen molar-refractivity contribution in [2.75, 3.05) is 13.2 Å². The Hall–Kier alpha value is -0.590. The maximum absolute atomic E-state index is 8.78. The Morgan fingerprint density at radius 1 is 1.55 bits per heavy atom. The second kappa shape index (κ2) is 6.14. The predicted octanol–water partition coefficient (Wildman–Crippen LogP) is 0.507. The molecule has 3 heteroatoms. The molecule has 64 valence electrons. The molecule has 0 aliphatic heterocycles. The molecule has 0 aromatic carbocycles. The number of aliphatic hydroxyl groups excluding tert-OH is 1. The van der Waals surface area contributed by atoms with E-state index >= 15 is 0 Å². The summed E-state index contributed by atoms with van der Waals surface area (Å²) in [5, 5.41) is 20.3. The summed E-state index contributed by atoms with van der Waals surface area (Å²) in [5.74, 6) is 0.0856. The van der Waals surface area contributed by atoms with Gasteiger partial charge in [-0.15, -0.1) is 0 Å². The average molecular weight is 156 g/mol. The maximum atomic E-state index is 8.78. The SMILES string of the molecule is CC(C)NCC(CO)CC#N. The van der Waals surface area contributed by atoms with Gasteiger partial charge in [-0.1, -0.05) is 13.8 Å². The number of hydrogen-bond donors (Lipinski definition) is 2. The summed E-state index contributed by atoms with van der Waals surface area (Å²) >= 11 is 0. The Balaban J connectivity index is 3.45. The smallest absolute Gasteiger partial charge is 0.0626 e. The first kappa shape index (κ1) is 10.4. The average Bonchev–Trinajstić information content (AvgIpc) is 1.97. The Morgan fingerprint density at radius 2 is 2.18 bits per heavy atom. The van der Waals surface area contributed by atoms with Gasteiger partial charge < -0.3 is 10.4 Å². The number of hydrogen-bond acceptors (Lipinski definition) is 3. The molecule has 11 heavy (non-hydrogen) atoms. The summed E-state index contributed by atoms with van der Waals surface area (Å²) in [6, 6.07) is 2.46. The number of rotatable bonds is 5. The molecule has 0 spiro atoms. The summed E-state index contributed by atoms with van der Waals surface area (Å²) in [4.78, 5) is 0. The van der Waals surface area contributed by atoms with Crippen LogP contribution in [0.4, 0.5) is 0 Å². The van der Waals surface area contributed by atoms with Crippen molar-refractivity contribution < 1.29 is 5.11 Å². The zero-order chi connectivity index (χ0) is 8.69. The number of nitriles is 1. The topological polar surface area (TPSA) is 56.0 Å². The third-order valence-corrected chi connectivity index (χ3v) is 1.45. The van der Waals surface area contributed by atoms with Crippen molar-refractivity contribution in [1.82, 2.24) is 5.32 Å². The van der Waals surface area contributed by atoms with Gasteiger partial charge in [0.2, 0.25) is 0 Å². The molecule has 0 fully saturated rings. The van der Waals surface area contributed by atoms with Crippen LogP contribution in [0.3, 0.4) is 0 Å². The van der Waals surface area contributed by atoms with Crippen LogP contribution >= 0.6 is 0 Å². The summed E-state index contributed by atoms with van der Waals surface area (Å²) in [5.41, 5.74) is 0. The van der Waals surface area contributed by atoms with Crippen molar-refractivity contribution in [3.63, 3.8) is 0 Å². The molecule has 0 heterocycles. The molecule has 1 atom stereocenters. The second-order valence-corrected chi connectivity index (χ2v) is 2.97. The minimum absolute atomic E-state index is 0.0856. The zero-order valence-electron chi connectivity index (χ0n) is 7.17. The lowest BCUT2D eigenvalue weighted by Crippen LogP contribution is -2.30. The van der Waals surface area contributed by atoms with E-state index in [1.54, 1.807) is 0 Å². The van der Waals surface area contributed by atoms with Gasteiger partial charge in [-0.3, -0.25) is 0 Å². The highest BCUT2D eigenvalue weighted by atomic mass is 16.3. The molecule has 0 saturated carbocycles. The molecule has 0 radical (unpaired) electrons. The van der Waals surface area contributed by atoms with Gasteiger partial charge in [-0.25, -0.2) is 0 Å². The van der Waals surface area contributed by atoms with Gasteiger partial charge >= 0.3 is 0 Å². The summed E-state index contributed by atoms with van der Waals surface area (Å²) in [6.45, 7) is 4.90. The van der Waals surface area contributed by atoms with Gasteiger partial charge in [-0.2, -0.15) is 5.26 Å². The third-order valence-electron chi connectivity index (χ3n) is 1.45. The molecule has 0 aromatic rings. The largest absolute Gasteiger partial charge is 0.396 e. The maximum Gasteiger partial charge on any atom is 0.0626 e. The van der Waals surface area contributed by atoms with E-state index in [4.69, 9.17) is 10.4 Å². The number of nitrogens with zero attached hydrogens (tertiary/aromatic N) is 1. The fraction of sp³-hybridized carbons (Fsp3) is 0.875. The van der Waals surface area contributed by atoms with E-state index in [0.29, 0.717) is 12.5 Å². The van der Waals surface area contributed by atoms with E-state index in [0.717, 1.165) is 6.54 Å². The standard InChI is InChI=1S/C8H16N2O/c1-7(2)10-5-8(6-11)3-4-9/h7-8,10-11H,3,5-6H2,1-2H3. The lowest BCUT2D eigenvalue weighted by Gasteiger charge is -2.13. The third kappa shape index (κ3) is 5.84. The molecule has 0 saturated heterocycles. The van der Waals surface area contributed by atoms with Crippen LogP contribution in [-0.2, 0) is 0 Å². The summed E-state index contributed by atoms with van der Waals surface area (Å²) < 4.78 is 0. The molecular weight excluding hydrogens is 140 g/mol. The molecule has 0 rings (SSSR count). The quantitative estimate of drug-likeness (QED) is 0.609. The molecule has 3 nitrogen and oxygen atoms in total. The Morgan fingerprint density at radius 3 is 2.55 bits per heavy atom. The molecule has 0 aliphatic rings.